The summed E-state index contributed by atoms with van der Waals surface area (Å²) >= 11 is 0. The van der Waals surface area contributed by atoms with Crippen molar-refractivity contribution in [1.82, 2.24) is 10.9 Å². The van der Waals surface area contributed by atoms with Gasteiger partial charge >= 0.3 is 0 Å². The number of nitrogens with one attached hydrogen (secondary N) is 2. The molecule has 0 amide bonds. The first-order chi connectivity index (χ1) is 5.29. The van der Waals surface area contributed by atoms with E-state index >= 15 is 0 Å². The molecule has 1 fully saturated rings. The zero-order chi connectivity index (χ0) is 7.84. The van der Waals surface area contributed by atoms with Crippen molar-refractivity contribution in [2.45, 2.75) is 20.3 Å². The summed E-state index contributed by atoms with van der Waals surface area (Å²) < 4.78 is 5.46. The Balaban J connectivity index is 2.45. The Morgan fingerprint density at radius 2 is 1.91 bits per heavy atom. The first-order valence-corrected chi connectivity index (χ1v) is 3.85. The molecular weight excluding hydrogens is 140 g/mol. The van der Waals surface area contributed by atoms with E-state index in [9.17, 15) is 0 Å². The lowest BCUT2D eigenvalue weighted by Gasteiger charge is -2.19. The normalized spacial score (nSPS) is 22.4. The van der Waals surface area contributed by atoms with Gasteiger partial charge in [0.25, 0.3) is 0 Å². The van der Waals surface area contributed by atoms with Crippen molar-refractivity contribution in [2.24, 2.45) is 0 Å². The number of fused-ring (bicyclic) bond motifs is 1. The van der Waals surface area contributed by atoms with Crippen LogP contribution in [0.15, 0.2) is 22.7 Å². The molecule has 0 radical (unpaired) electrons. The van der Waals surface area contributed by atoms with Gasteiger partial charge in [-0.25, -0.2) is 0 Å². The zero-order valence-electron chi connectivity index (χ0n) is 6.82. The summed E-state index contributed by atoms with van der Waals surface area (Å²) in [5, 5.41) is 0. The van der Waals surface area contributed by atoms with Crippen LogP contribution in [-0.2, 0) is 4.74 Å². The fraction of sp³-hybridized carbons (Fsp3) is 0.500. The maximum absolute atomic E-state index is 5.46. The highest BCUT2D eigenvalue weighted by Crippen LogP contribution is 2.29. The molecule has 0 aromatic rings. The minimum atomic E-state index is 0.822. The van der Waals surface area contributed by atoms with E-state index in [0.717, 1.165) is 24.5 Å². The van der Waals surface area contributed by atoms with E-state index in [1.165, 1.54) is 11.3 Å². The van der Waals surface area contributed by atoms with Crippen molar-refractivity contribution in [2.75, 3.05) is 6.61 Å². The molecule has 3 heteroatoms. The van der Waals surface area contributed by atoms with Crippen LogP contribution in [0.5, 0.6) is 0 Å². The van der Waals surface area contributed by atoms with Crippen LogP contribution in [0.2, 0.25) is 0 Å². The number of rotatable bonds is 0. The molecule has 60 valence electrons. The standard InChI is InChI=1S/C8H12N2O/c1-5-7-3-4-11-8(7)6(2)10-9-5/h9-10H,3-4H2,1-2H3. The second-order valence-electron chi connectivity index (χ2n) is 2.91. The maximum atomic E-state index is 5.46. The van der Waals surface area contributed by atoms with Crippen LogP contribution in [0.25, 0.3) is 0 Å². The van der Waals surface area contributed by atoms with Gasteiger partial charge in [0.1, 0.15) is 5.76 Å². The van der Waals surface area contributed by atoms with Gasteiger partial charge in [-0.05, 0) is 13.8 Å². The molecule has 2 N–H and O–H groups in total. The third kappa shape index (κ3) is 0.878. The van der Waals surface area contributed by atoms with E-state index in [1.54, 1.807) is 0 Å². The fourth-order valence-electron chi connectivity index (χ4n) is 1.47. The van der Waals surface area contributed by atoms with Crippen LogP contribution in [-0.4, -0.2) is 6.61 Å². The molecule has 0 aromatic carbocycles. The lowest BCUT2D eigenvalue weighted by Crippen LogP contribution is -2.33. The number of hydrogen-bond donors (Lipinski definition) is 2. The average Bonchev–Trinajstić information content (AvgIpc) is 2.45. The fourth-order valence-corrected chi connectivity index (χ4v) is 1.47. The molecule has 3 nitrogen and oxygen atoms in total. The molecule has 1 saturated heterocycles. The molecule has 11 heavy (non-hydrogen) atoms. The van der Waals surface area contributed by atoms with Gasteiger partial charge in [0.15, 0.2) is 0 Å². The average molecular weight is 152 g/mol. The summed E-state index contributed by atoms with van der Waals surface area (Å²) in [4.78, 5) is 0. The quantitative estimate of drug-likeness (QED) is 0.543. The minimum Gasteiger partial charge on any atom is -0.491 e. The summed E-state index contributed by atoms with van der Waals surface area (Å²) in [6.07, 6.45) is 1.03. The zero-order valence-corrected chi connectivity index (χ0v) is 6.82. The first-order valence-electron chi connectivity index (χ1n) is 3.85. The Hall–Kier alpha value is -1.12. The van der Waals surface area contributed by atoms with Crippen molar-refractivity contribution < 1.29 is 4.74 Å². The Morgan fingerprint density at radius 3 is 2.64 bits per heavy atom. The third-order valence-electron chi connectivity index (χ3n) is 2.10. The molecule has 0 aliphatic carbocycles. The second-order valence-corrected chi connectivity index (χ2v) is 2.91. The highest BCUT2D eigenvalue weighted by atomic mass is 16.5. The Morgan fingerprint density at radius 1 is 1.18 bits per heavy atom. The van der Waals surface area contributed by atoms with Crippen molar-refractivity contribution >= 4 is 0 Å². The summed E-state index contributed by atoms with van der Waals surface area (Å²) in [5.41, 5.74) is 9.74. The molecule has 2 aliphatic heterocycles. The van der Waals surface area contributed by atoms with Gasteiger partial charge in [0.2, 0.25) is 0 Å². The van der Waals surface area contributed by atoms with Crippen LogP contribution in [0.4, 0.5) is 0 Å². The summed E-state index contributed by atoms with van der Waals surface area (Å²) in [7, 11) is 0. The van der Waals surface area contributed by atoms with Crippen molar-refractivity contribution in [3.05, 3.63) is 22.7 Å². The lowest BCUT2D eigenvalue weighted by molar-refractivity contribution is 0.258. The number of ether oxygens (including phenoxy) is 1. The van der Waals surface area contributed by atoms with Gasteiger partial charge < -0.3 is 15.6 Å². The highest BCUT2D eigenvalue weighted by Gasteiger charge is 2.23. The number of hydrogen-bond acceptors (Lipinski definition) is 3. The molecular formula is C8H12N2O. The van der Waals surface area contributed by atoms with E-state index in [-0.39, 0.29) is 0 Å². The van der Waals surface area contributed by atoms with E-state index in [4.69, 9.17) is 4.74 Å². The largest absolute Gasteiger partial charge is 0.491 e. The predicted molar refractivity (Wildman–Crippen MR) is 42.2 cm³/mol. The lowest BCUT2D eigenvalue weighted by atomic mass is 10.1. The highest BCUT2D eigenvalue weighted by molar-refractivity contribution is 5.37. The van der Waals surface area contributed by atoms with Crippen molar-refractivity contribution in [1.29, 1.82) is 0 Å². The van der Waals surface area contributed by atoms with E-state index in [1.807, 2.05) is 6.92 Å². The monoisotopic (exact) mass is 152 g/mol. The smallest absolute Gasteiger partial charge is 0.144 e. The number of hydrazine groups is 1. The molecule has 2 aliphatic rings. The minimum absolute atomic E-state index is 0.822. The summed E-state index contributed by atoms with van der Waals surface area (Å²) in [5.74, 6) is 1.04. The van der Waals surface area contributed by atoms with Gasteiger partial charge in [-0.3, -0.25) is 0 Å². The van der Waals surface area contributed by atoms with Crippen LogP contribution >= 0.6 is 0 Å². The van der Waals surface area contributed by atoms with Gasteiger partial charge in [0.05, 0.1) is 12.3 Å². The molecule has 2 heterocycles. The van der Waals surface area contributed by atoms with Gasteiger partial charge in [-0.2, -0.15) is 0 Å². The van der Waals surface area contributed by atoms with Gasteiger partial charge in [-0.15, -0.1) is 0 Å². The van der Waals surface area contributed by atoms with Crippen molar-refractivity contribution in [3.8, 4) is 0 Å². The third-order valence-corrected chi connectivity index (χ3v) is 2.10. The van der Waals surface area contributed by atoms with Crippen molar-refractivity contribution in [3.63, 3.8) is 0 Å². The van der Waals surface area contributed by atoms with Gasteiger partial charge in [0, 0.05) is 17.7 Å². The van der Waals surface area contributed by atoms with Crippen LogP contribution in [0.3, 0.4) is 0 Å². The van der Waals surface area contributed by atoms with Crippen LogP contribution < -0.4 is 10.9 Å². The van der Waals surface area contributed by atoms with Crippen LogP contribution in [0, 0.1) is 0 Å². The Bertz CT molecular complexity index is 227. The summed E-state index contributed by atoms with van der Waals surface area (Å²) in [6, 6.07) is 0. The molecule has 0 atom stereocenters. The molecule has 0 bridgehead atoms. The van der Waals surface area contributed by atoms with E-state index in [0.29, 0.717) is 0 Å². The molecule has 0 unspecified atom stereocenters. The molecule has 0 aromatic heterocycles. The number of allylic oxidation sites excluding steroid dienone is 3. The maximum Gasteiger partial charge on any atom is 0.144 e. The summed E-state index contributed by atoms with van der Waals surface area (Å²) in [6.45, 7) is 4.90. The van der Waals surface area contributed by atoms with E-state index < -0.39 is 0 Å². The Kier molecular flexibility index (Phi) is 1.31. The Labute approximate surface area is 66.1 Å². The molecule has 2 rings (SSSR count). The molecule has 0 saturated carbocycles. The van der Waals surface area contributed by atoms with Crippen LogP contribution in [0.1, 0.15) is 20.3 Å². The second kappa shape index (κ2) is 2.19. The first kappa shape index (κ1) is 6.58. The predicted octanol–water partition coefficient (Wildman–Crippen LogP) is 1.02. The topological polar surface area (TPSA) is 33.3 Å². The SMILES string of the molecule is CC1=C2CCOC2=C(C)NN1. The van der Waals surface area contributed by atoms with E-state index in [2.05, 4.69) is 17.8 Å². The van der Waals surface area contributed by atoms with Gasteiger partial charge in [-0.1, -0.05) is 0 Å². The molecule has 0 spiro atoms.